The minimum absolute atomic E-state index is 0.105. The molecule has 1 heterocycles. The summed E-state index contributed by atoms with van der Waals surface area (Å²) in [4.78, 5) is 15.5. The summed E-state index contributed by atoms with van der Waals surface area (Å²) in [5.74, 6) is -0.00969. The predicted octanol–water partition coefficient (Wildman–Crippen LogP) is 4.85. The summed E-state index contributed by atoms with van der Waals surface area (Å²) >= 11 is 0. The van der Waals surface area contributed by atoms with Crippen molar-refractivity contribution in [3.05, 3.63) is 70.0 Å². The Kier molecular flexibility index (Phi) is 6.74. The van der Waals surface area contributed by atoms with Gasteiger partial charge in [0.05, 0.1) is 5.92 Å². The number of hydrogen-bond donors (Lipinski definition) is 1. The molecular formula is C25H33FN2O. The van der Waals surface area contributed by atoms with Crippen molar-refractivity contribution in [3.8, 4) is 0 Å². The van der Waals surface area contributed by atoms with E-state index in [1.807, 2.05) is 24.9 Å². The first-order valence-electron chi connectivity index (χ1n) is 10.6. The van der Waals surface area contributed by atoms with Gasteiger partial charge in [0, 0.05) is 25.6 Å². The number of nitrogens with one attached hydrogen (secondary N) is 1. The van der Waals surface area contributed by atoms with Crippen molar-refractivity contribution < 1.29 is 9.18 Å². The van der Waals surface area contributed by atoms with Gasteiger partial charge in [-0.25, -0.2) is 4.39 Å². The van der Waals surface area contributed by atoms with E-state index < -0.39 is 0 Å². The van der Waals surface area contributed by atoms with Crippen molar-refractivity contribution in [2.75, 3.05) is 20.1 Å². The van der Waals surface area contributed by atoms with Crippen LogP contribution in [0.15, 0.2) is 36.4 Å². The summed E-state index contributed by atoms with van der Waals surface area (Å²) in [6.45, 7) is 9.89. The number of rotatable bonds is 5. The number of aryl methyl sites for hydroxylation is 3. The minimum atomic E-state index is -0.211. The lowest BCUT2D eigenvalue weighted by Crippen LogP contribution is -2.50. The molecule has 3 nitrogen and oxygen atoms in total. The molecule has 156 valence electrons. The van der Waals surface area contributed by atoms with E-state index in [1.165, 1.54) is 17.2 Å². The van der Waals surface area contributed by atoms with E-state index in [2.05, 4.69) is 44.3 Å². The average molecular weight is 397 g/mol. The second-order valence-electron chi connectivity index (χ2n) is 8.50. The molecule has 1 saturated heterocycles. The van der Waals surface area contributed by atoms with E-state index in [9.17, 15) is 9.18 Å². The maximum absolute atomic E-state index is 13.6. The fourth-order valence-corrected chi connectivity index (χ4v) is 4.85. The van der Waals surface area contributed by atoms with Gasteiger partial charge in [-0.3, -0.25) is 4.79 Å². The lowest BCUT2D eigenvalue weighted by atomic mass is 9.83. The van der Waals surface area contributed by atoms with E-state index >= 15 is 0 Å². The molecule has 1 aliphatic heterocycles. The van der Waals surface area contributed by atoms with Crippen LogP contribution in [0, 0.1) is 26.6 Å². The molecule has 0 aliphatic carbocycles. The van der Waals surface area contributed by atoms with Gasteiger partial charge in [0.25, 0.3) is 0 Å². The molecule has 0 radical (unpaired) electrons. The topological polar surface area (TPSA) is 32.3 Å². The van der Waals surface area contributed by atoms with Gasteiger partial charge in [0.2, 0.25) is 5.91 Å². The van der Waals surface area contributed by atoms with Gasteiger partial charge in [-0.15, -0.1) is 0 Å². The molecule has 3 rings (SSSR count). The Hall–Kier alpha value is -2.20. The second kappa shape index (κ2) is 9.08. The third kappa shape index (κ3) is 4.69. The van der Waals surface area contributed by atoms with E-state index in [-0.39, 0.29) is 29.6 Å². The standard InChI is InChI=1S/C25H33FN2O/c1-6-21(19-12-16(2)11-17(3)13-19)25(29)28(5)24-9-10-27-15-23(24)22-8-7-20(26)14-18(22)4/h7-8,11-14,21,23-24,27H,6,9-10,15H2,1-5H3/t21-,23-,24+/m0/s1. The number of halogens is 1. The van der Waals surface area contributed by atoms with Crippen LogP contribution in [0.1, 0.15) is 59.4 Å². The van der Waals surface area contributed by atoms with Crippen LogP contribution in [-0.2, 0) is 4.79 Å². The molecule has 1 amide bonds. The number of benzene rings is 2. The lowest BCUT2D eigenvalue weighted by Gasteiger charge is -2.40. The van der Waals surface area contributed by atoms with Crippen LogP contribution in [0.4, 0.5) is 4.39 Å². The van der Waals surface area contributed by atoms with E-state index in [0.717, 1.165) is 42.6 Å². The second-order valence-corrected chi connectivity index (χ2v) is 8.50. The molecule has 2 aromatic carbocycles. The highest BCUT2D eigenvalue weighted by Gasteiger charge is 2.35. The van der Waals surface area contributed by atoms with Gasteiger partial charge in [0.15, 0.2) is 0 Å². The smallest absolute Gasteiger partial charge is 0.230 e. The number of likely N-dealkylation sites (N-methyl/N-ethyl adjacent to an activating group) is 1. The molecule has 1 fully saturated rings. The number of piperidine rings is 1. The Labute approximate surface area is 174 Å². The Balaban J connectivity index is 1.89. The normalized spacial score (nSPS) is 20.3. The predicted molar refractivity (Wildman–Crippen MR) is 117 cm³/mol. The van der Waals surface area contributed by atoms with Gasteiger partial charge < -0.3 is 10.2 Å². The lowest BCUT2D eigenvalue weighted by molar-refractivity contribution is -0.134. The number of hydrogen-bond acceptors (Lipinski definition) is 2. The van der Waals surface area contributed by atoms with Crippen molar-refractivity contribution in [1.29, 1.82) is 0 Å². The number of nitrogens with zero attached hydrogens (tertiary/aromatic N) is 1. The van der Waals surface area contributed by atoms with E-state index in [1.54, 1.807) is 6.07 Å². The highest BCUT2D eigenvalue weighted by atomic mass is 19.1. The molecule has 29 heavy (non-hydrogen) atoms. The number of amides is 1. The van der Waals surface area contributed by atoms with Crippen LogP contribution in [0.2, 0.25) is 0 Å². The average Bonchev–Trinajstić information content (AvgIpc) is 2.67. The quantitative estimate of drug-likeness (QED) is 0.784. The van der Waals surface area contributed by atoms with Crippen LogP contribution in [0.5, 0.6) is 0 Å². The molecule has 1 aliphatic rings. The summed E-state index contributed by atoms with van der Waals surface area (Å²) < 4.78 is 13.6. The SMILES string of the molecule is CC[C@H](C(=O)N(C)[C@@H]1CCNC[C@H]1c1ccc(F)cc1C)c1cc(C)cc(C)c1. The summed E-state index contributed by atoms with van der Waals surface area (Å²) in [7, 11) is 1.94. The fourth-order valence-electron chi connectivity index (χ4n) is 4.85. The highest BCUT2D eigenvalue weighted by Crippen LogP contribution is 2.32. The third-order valence-corrected chi connectivity index (χ3v) is 6.27. The zero-order valence-corrected chi connectivity index (χ0v) is 18.3. The van der Waals surface area contributed by atoms with Crippen molar-refractivity contribution in [2.24, 2.45) is 0 Å². The Bertz CT molecular complexity index is 859. The van der Waals surface area contributed by atoms with Gasteiger partial charge in [0.1, 0.15) is 5.82 Å². The minimum Gasteiger partial charge on any atom is -0.342 e. The van der Waals surface area contributed by atoms with Crippen molar-refractivity contribution in [2.45, 2.75) is 58.4 Å². The summed E-state index contributed by atoms with van der Waals surface area (Å²) in [6.07, 6.45) is 1.67. The first-order valence-corrected chi connectivity index (χ1v) is 10.6. The summed E-state index contributed by atoms with van der Waals surface area (Å²) in [6, 6.07) is 11.5. The molecular weight excluding hydrogens is 363 g/mol. The van der Waals surface area contributed by atoms with Gasteiger partial charge in [-0.1, -0.05) is 42.3 Å². The molecule has 0 bridgehead atoms. The molecule has 0 unspecified atom stereocenters. The highest BCUT2D eigenvalue weighted by molar-refractivity contribution is 5.84. The molecule has 0 aromatic heterocycles. The van der Waals surface area contributed by atoms with Gasteiger partial charge in [-0.2, -0.15) is 0 Å². The van der Waals surface area contributed by atoms with Crippen LogP contribution in [0.25, 0.3) is 0 Å². The maximum atomic E-state index is 13.6. The van der Waals surface area contributed by atoms with Crippen LogP contribution in [-0.4, -0.2) is 37.0 Å². The molecule has 3 atom stereocenters. The summed E-state index contributed by atoms with van der Waals surface area (Å²) in [5.41, 5.74) is 5.56. The maximum Gasteiger partial charge on any atom is 0.230 e. The first-order chi connectivity index (χ1) is 13.8. The monoisotopic (exact) mass is 396 g/mol. The largest absolute Gasteiger partial charge is 0.342 e. The van der Waals surface area contributed by atoms with Crippen molar-refractivity contribution in [1.82, 2.24) is 10.2 Å². The van der Waals surface area contributed by atoms with Gasteiger partial charge >= 0.3 is 0 Å². The van der Waals surface area contributed by atoms with Crippen molar-refractivity contribution >= 4 is 5.91 Å². The Morgan fingerprint density at radius 3 is 2.48 bits per heavy atom. The van der Waals surface area contributed by atoms with Crippen LogP contribution >= 0.6 is 0 Å². The zero-order chi connectivity index (χ0) is 21.1. The first kappa shape index (κ1) is 21.5. The fraction of sp³-hybridized carbons (Fsp3) is 0.480. The molecule has 0 saturated carbocycles. The summed E-state index contributed by atoms with van der Waals surface area (Å²) in [5, 5.41) is 3.46. The van der Waals surface area contributed by atoms with Gasteiger partial charge in [-0.05, 0) is 69.0 Å². The molecule has 2 aromatic rings. The van der Waals surface area contributed by atoms with Crippen molar-refractivity contribution in [3.63, 3.8) is 0 Å². The molecule has 0 spiro atoms. The number of carbonyl (C=O) groups excluding carboxylic acids is 1. The number of carbonyl (C=O) groups is 1. The third-order valence-electron chi connectivity index (χ3n) is 6.27. The van der Waals surface area contributed by atoms with E-state index in [0.29, 0.717) is 0 Å². The van der Waals surface area contributed by atoms with E-state index in [4.69, 9.17) is 0 Å². The molecule has 4 heteroatoms. The van der Waals surface area contributed by atoms with Crippen LogP contribution < -0.4 is 5.32 Å². The zero-order valence-electron chi connectivity index (χ0n) is 18.3. The Morgan fingerprint density at radius 2 is 1.86 bits per heavy atom. The Morgan fingerprint density at radius 1 is 1.17 bits per heavy atom. The van der Waals surface area contributed by atoms with Crippen LogP contribution in [0.3, 0.4) is 0 Å². The molecule has 1 N–H and O–H groups in total.